The molecule has 0 aliphatic heterocycles. The molecule has 0 bridgehead atoms. The van der Waals surface area contributed by atoms with E-state index in [1.807, 2.05) is 19.1 Å². The van der Waals surface area contributed by atoms with Crippen LogP contribution in [0.15, 0.2) is 60.8 Å². The number of rotatable bonds is 30. The summed E-state index contributed by atoms with van der Waals surface area (Å²) in [5.41, 5.74) is 0. The van der Waals surface area contributed by atoms with Crippen LogP contribution >= 0.6 is 0 Å². The molecule has 0 unspecified atom stereocenters. The summed E-state index contributed by atoms with van der Waals surface area (Å²) >= 11 is 0. The maximum Gasteiger partial charge on any atom is 0.220 e. The number of aliphatic hydroxyl groups is 6. The molecule has 0 aromatic rings. The summed E-state index contributed by atoms with van der Waals surface area (Å²) in [5.74, 6) is -0.401. The quantitative estimate of drug-likeness (QED) is 0.0282. The lowest BCUT2D eigenvalue weighted by molar-refractivity contribution is -0.124. The van der Waals surface area contributed by atoms with E-state index in [-0.39, 0.29) is 12.8 Å². The highest BCUT2D eigenvalue weighted by Crippen LogP contribution is 2.15. The Hall–Kier alpha value is -2.07. The van der Waals surface area contributed by atoms with Gasteiger partial charge < -0.3 is 36.0 Å². The topological polar surface area (TPSA) is 150 Å². The second-order valence-corrected chi connectivity index (χ2v) is 12.3. The molecule has 0 aliphatic carbocycles. The number of nitrogens with one attached hydrogen (secondary N) is 1. The van der Waals surface area contributed by atoms with E-state index < -0.39 is 49.1 Å². The van der Waals surface area contributed by atoms with Crippen LogP contribution in [-0.4, -0.2) is 79.7 Å². The van der Waals surface area contributed by atoms with Crippen molar-refractivity contribution >= 4 is 5.91 Å². The second-order valence-electron chi connectivity index (χ2n) is 12.3. The Kier molecular flexibility index (Phi) is 30.1. The molecule has 0 spiro atoms. The molecular formula is C38H67NO7. The standard InChI is InChI=1S/C38H67NO7/c1-3-5-7-8-9-10-11-12-13-14-19-23-28-36(44)38(46)33(31-40)39-37(45)30-24-29-35(43)34(42)27-22-18-16-15-17-21-26-32(41)25-20-6-4-2/h6,15-18,20-22,26-27,32-36,38,40-44,46H,3-5,7-14,19,23-25,28-31H2,1-2H3,(H,39,45)/b17-15+,18-16-,20-6-,26-21+,27-22-/t32-,33-,34+,35+,36-,38-/m0/s1. The highest BCUT2D eigenvalue weighted by molar-refractivity contribution is 5.76. The van der Waals surface area contributed by atoms with Gasteiger partial charge >= 0.3 is 0 Å². The monoisotopic (exact) mass is 649 g/mol. The Morgan fingerprint density at radius 2 is 1.15 bits per heavy atom. The van der Waals surface area contributed by atoms with E-state index in [9.17, 15) is 35.4 Å². The third kappa shape index (κ3) is 26.0. The summed E-state index contributed by atoms with van der Waals surface area (Å²) < 4.78 is 0. The number of hydrogen-bond donors (Lipinski definition) is 7. The van der Waals surface area contributed by atoms with Crippen molar-refractivity contribution in [2.75, 3.05) is 6.61 Å². The first-order valence-corrected chi connectivity index (χ1v) is 17.9. The molecule has 8 nitrogen and oxygen atoms in total. The molecule has 8 heteroatoms. The fraction of sp³-hybridized carbons (Fsp3) is 0.711. The number of carbonyl (C=O) groups is 1. The summed E-state index contributed by atoms with van der Waals surface area (Å²) in [5, 5.41) is 63.3. The van der Waals surface area contributed by atoms with Crippen molar-refractivity contribution in [3.8, 4) is 0 Å². The van der Waals surface area contributed by atoms with Gasteiger partial charge in [0.05, 0.1) is 37.1 Å². The van der Waals surface area contributed by atoms with Crippen LogP contribution in [-0.2, 0) is 4.79 Å². The van der Waals surface area contributed by atoms with E-state index in [4.69, 9.17) is 0 Å². The van der Waals surface area contributed by atoms with E-state index in [0.29, 0.717) is 19.3 Å². The van der Waals surface area contributed by atoms with Crippen molar-refractivity contribution in [2.24, 2.45) is 0 Å². The summed E-state index contributed by atoms with van der Waals surface area (Å²) in [6.45, 7) is 3.78. The molecule has 0 saturated carbocycles. The minimum Gasteiger partial charge on any atom is -0.394 e. The van der Waals surface area contributed by atoms with E-state index in [1.54, 1.807) is 42.5 Å². The Balaban J connectivity index is 4.15. The first kappa shape index (κ1) is 43.9. The van der Waals surface area contributed by atoms with Crippen LogP contribution in [0.4, 0.5) is 0 Å². The van der Waals surface area contributed by atoms with Crippen LogP contribution in [0.1, 0.15) is 129 Å². The van der Waals surface area contributed by atoms with Crippen LogP contribution in [0.25, 0.3) is 0 Å². The average Bonchev–Trinajstić information content (AvgIpc) is 3.04. The molecule has 0 rings (SSSR count). The predicted octanol–water partition coefficient (Wildman–Crippen LogP) is 6.11. The summed E-state index contributed by atoms with van der Waals surface area (Å²) in [7, 11) is 0. The molecule has 0 aromatic heterocycles. The van der Waals surface area contributed by atoms with Gasteiger partial charge in [-0.15, -0.1) is 0 Å². The molecule has 0 aromatic carbocycles. The number of unbranched alkanes of at least 4 members (excludes halogenated alkanes) is 11. The lowest BCUT2D eigenvalue weighted by Gasteiger charge is -2.26. The summed E-state index contributed by atoms with van der Waals surface area (Å²) in [4.78, 5) is 12.4. The molecule has 6 atom stereocenters. The van der Waals surface area contributed by atoms with Gasteiger partial charge in [0.15, 0.2) is 0 Å². The zero-order valence-corrected chi connectivity index (χ0v) is 28.8. The third-order valence-electron chi connectivity index (χ3n) is 7.98. The summed E-state index contributed by atoms with van der Waals surface area (Å²) in [6, 6.07) is -0.970. The molecule has 7 N–H and O–H groups in total. The van der Waals surface area contributed by atoms with Crippen molar-refractivity contribution in [1.82, 2.24) is 5.32 Å². The van der Waals surface area contributed by atoms with Crippen LogP contribution < -0.4 is 5.32 Å². The highest BCUT2D eigenvalue weighted by atomic mass is 16.3. The number of aliphatic hydroxyl groups excluding tert-OH is 6. The number of hydrogen-bond acceptors (Lipinski definition) is 7. The highest BCUT2D eigenvalue weighted by Gasteiger charge is 2.27. The summed E-state index contributed by atoms with van der Waals surface area (Å²) in [6.07, 6.45) is 29.6. The van der Waals surface area contributed by atoms with E-state index in [0.717, 1.165) is 25.7 Å². The first-order valence-electron chi connectivity index (χ1n) is 17.9. The van der Waals surface area contributed by atoms with Gasteiger partial charge in [0.2, 0.25) is 5.91 Å². The van der Waals surface area contributed by atoms with E-state index in [1.165, 1.54) is 63.9 Å². The van der Waals surface area contributed by atoms with Crippen molar-refractivity contribution in [3.63, 3.8) is 0 Å². The lowest BCUT2D eigenvalue weighted by Crippen LogP contribution is -2.50. The Bertz CT molecular complexity index is 854. The van der Waals surface area contributed by atoms with Gasteiger partial charge in [0.25, 0.3) is 0 Å². The predicted molar refractivity (Wildman–Crippen MR) is 189 cm³/mol. The van der Waals surface area contributed by atoms with Crippen LogP contribution in [0, 0.1) is 0 Å². The molecule has 46 heavy (non-hydrogen) atoms. The Labute approximate surface area is 279 Å². The first-order chi connectivity index (χ1) is 22.3. The van der Waals surface area contributed by atoms with Gasteiger partial charge in [-0.05, 0) is 32.1 Å². The Morgan fingerprint density at radius 1 is 0.630 bits per heavy atom. The maximum atomic E-state index is 12.4. The van der Waals surface area contributed by atoms with Crippen LogP contribution in [0.3, 0.4) is 0 Å². The molecule has 0 aliphatic rings. The molecule has 0 fully saturated rings. The number of carbonyl (C=O) groups excluding carboxylic acids is 1. The average molecular weight is 650 g/mol. The van der Waals surface area contributed by atoms with Gasteiger partial charge in [-0.2, -0.15) is 0 Å². The second kappa shape index (κ2) is 31.5. The number of allylic oxidation sites excluding steroid dienone is 7. The van der Waals surface area contributed by atoms with E-state index in [2.05, 4.69) is 12.2 Å². The van der Waals surface area contributed by atoms with Gasteiger partial charge in [-0.1, -0.05) is 152 Å². The van der Waals surface area contributed by atoms with Crippen molar-refractivity contribution in [2.45, 2.75) is 166 Å². The molecule has 266 valence electrons. The van der Waals surface area contributed by atoms with Crippen molar-refractivity contribution in [3.05, 3.63) is 60.8 Å². The molecule has 0 saturated heterocycles. The molecule has 0 heterocycles. The van der Waals surface area contributed by atoms with Crippen molar-refractivity contribution < 1.29 is 35.4 Å². The van der Waals surface area contributed by atoms with Crippen molar-refractivity contribution in [1.29, 1.82) is 0 Å². The molecule has 1 amide bonds. The molecular weight excluding hydrogens is 582 g/mol. The number of amides is 1. The smallest absolute Gasteiger partial charge is 0.220 e. The zero-order valence-electron chi connectivity index (χ0n) is 28.8. The lowest BCUT2D eigenvalue weighted by atomic mass is 9.99. The van der Waals surface area contributed by atoms with Gasteiger partial charge in [0.1, 0.15) is 6.10 Å². The largest absolute Gasteiger partial charge is 0.394 e. The minimum absolute atomic E-state index is 0.0490. The van der Waals surface area contributed by atoms with Crippen LogP contribution in [0.2, 0.25) is 0 Å². The van der Waals surface area contributed by atoms with Gasteiger partial charge in [-0.3, -0.25) is 4.79 Å². The van der Waals surface area contributed by atoms with Gasteiger partial charge in [0, 0.05) is 6.42 Å². The third-order valence-corrected chi connectivity index (χ3v) is 7.98. The Morgan fingerprint density at radius 3 is 1.72 bits per heavy atom. The fourth-order valence-electron chi connectivity index (χ4n) is 5.03. The van der Waals surface area contributed by atoms with E-state index >= 15 is 0 Å². The maximum absolute atomic E-state index is 12.4. The molecule has 0 radical (unpaired) electrons. The zero-order chi connectivity index (χ0) is 34.3. The minimum atomic E-state index is -1.27. The fourth-order valence-corrected chi connectivity index (χ4v) is 5.03. The van der Waals surface area contributed by atoms with Gasteiger partial charge in [-0.25, -0.2) is 0 Å². The van der Waals surface area contributed by atoms with Crippen LogP contribution in [0.5, 0.6) is 0 Å². The SMILES string of the molecule is CC/C=C\C[C@H](O)/C=C/C=C/C=C\C=C/[C@@H](O)[C@H](O)CCCC(=O)N[C@@H](CO)[C@H](O)[C@@H](O)CCCCCCCCCCCCCC. The normalized spacial score (nSPS) is 16.6.